The van der Waals surface area contributed by atoms with E-state index in [0.717, 1.165) is 5.56 Å². The number of hydrogen-bond donors (Lipinski definition) is 0. The van der Waals surface area contributed by atoms with E-state index in [1.54, 1.807) is 12.1 Å². The van der Waals surface area contributed by atoms with E-state index in [2.05, 4.69) is 0 Å². The number of carbonyl (C=O) groups excluding carboxylic acids is 2. The summed E-state index contributed by atoms with van der Waals surface area (Å²) >= 11 is 5.87. The van der Waals surface area contributed by atoms with Crippen molar-refractivity contribution in [1.82, 2.24) is 0 Å². The minimum absolute atomic E-state index is 0.0215. The number of carbonyl (C=O) groups is 2. The summed E-state index contributed by atoms with van der Waals surface area (Å²) in [5.41, 5.74) is -0.599. The Morgan fingerprint density at radius 1 is 1.25 bits per heavy atom. The lowest BCUT2D eigenvalue weighted by atomic mass is 9.75. The molecule has 3 nitrogen and oxygen atoms in total. The van der Waals surface area contributed by atoms with Crippen LogP contribution in [0.15, 0.2) is 24.3 Å². The van der Waals surface area contributed by atoms with E-state index in [4.69, 9.17) is 16.3 Å². The van der Waals surface area contributed by atoms with Gasteiger partial charge >= 0.3 is 5.97 Å². The van der Waals surface area contributed by atoms with Gasteiger partial charge in [-0.2, -0.15) is 0 Å². The molecule has 0 saturated heterocycles. The topological polar surface area (TPSA) is 43.4 Å². The maximum Gasteiger partial charge on any atom is 0.319 e. The molecule has 108 valence electrons. The zero-order valence-corrected chi connectivity index (χ0v) is 12.8. The molecule has 4 heteroatoms. The Balaban J connectivity index is 2.37. The molecule has 20 heavy (non-hydrogen) atoms. The zero-order chi connectivity index (χ0) is 15.0. The smallest absolute Gasteiger partial charge is 0.319 e. The van der Waals surface area contributed by atoms with Crippen LogP contribution in [-0.2, 0) is 20.7 Å². The van der Waals surface area contributed by atoms with Crippen LogP contribution in [-0.4, -0.2) is 18.9 Å². The number of halogens is 1. The predicted molar refractivity (Wildman–Crippen MR) is 77.6 cm³/mol. The second-order valence-corrected chi connectivity index (χ2v) is 6.53. The summed E-state index contributed by atoms with van der Waals surface area (Å²) in [5, 5.41) is 0.638. The van der Waals surface area contributed by atoms with Gasteiger partial charge in [0.2, 0.25) is 0 Å². The van der Waals surface area contributed by atoms with Gasteiger partial charge in [-0.25, -0.2) is 0 Å². The van der Waals surface area contributed by atoms with Gasteiger partial charge in [0.05, 0.1) is 7.11 Å². The van der Waals surface area contributed by atoms with Crippen molar-refractivity contribution in [2.24, 2.45) is 10.8 Å². The van der Waals surface area contributed by atoms with E-state index in [1.807, 2.05) is 26.0 Å². The van der Waals surface area contributed by atoms with Crippen LogP contribution in [0.25, 0.3) is 0 Å². The van der Waals surface area contributed by atoms with Crippen molar-refractivity contribution in [2.45, 2.75) is 33.1 Å². The van der Waals surface area contributed by atoms with Crippen LogP contribution < -0.4 is 0 Å². The third-order valence-corrected chi connectivity index (χ3v) is 4.47. The van der Waals surface area contributed by atoms with Crippen LogP contribution in [0, 0.1) is 10.8 Å². The Kier molecular flexibility index (Phi) is 3.92. The maximum atomic E-state index is 12.7. The average Bonchev–Trinajstić information content (AvgIpc) is 2.65. The number of benzene rings is 1. The van der Waals surface area contributed by atoms with Gasteiger partial charge in [-0.15, -0.1) is 0 Å². The molecule has 0 bridgehead atoms. The van der Waals surface area contributed by atoms with E-state index >= 15 is 0 Å². The van der Waals surface area contributed by atoms with Gasteiger partial charge < -0.3 is 4.74 Å². The number of ketones is 1. The fourth-order valence-corrected chi connectivity index (χ4v) is 3.11. The van der Waals surface area contributed by atoms with Crippen LogP contribution >= 0.6 is 11.6 Å². The Hall–Kier alpha value is -1.35. The van der Waals surface area contributed by atoms with E-state index in [1.165, 1.54) is 7.11 Å². The first-order valence-electron chi connectivity index (χ1n) is 6.70. The quantitative estimate of drug-likeness (QED) is 0.633. The van der Waals surface area contributed by atoms with Gasteiger partial charge in [0.25, 0.3) is 0 Å². The highest BCUT2D eigenvalue weighted by Gasteiger charge is 2.57. The van der Waals surface area contributed by atoms with Gasteiger partial charge in [-0.3, -0.25) is 9.59 Å². The van der Waals surface area contributed by atoms with Crippen molar-refractivity contribution < 1.29 is 14.3 Å². The monoisotopic (exact) mass is 294 g/mol. The normalized spacial score (nSPS) is 24.7. The third kappa shape index (κ3) is 2.47. The zero-order valence-electron chi connectivity index (χ0n) is 12.0. The van der Waals surface area contributed by atoms with Crippen LogP contribution in [0.3, 0.4) is 0 Å². The summed E-state index contributed by atoms with van der Waals surface area (Å²) in [6.45, 7) is 3.78. The lowest BCUT2D eigenvalue weighted by molar-refractivity contribution is -0.158. The highest BCUT2D eigenvalue weighted by Crippen LogP contribution is 2.48. The molecule has 1 unspecified atom stereocenters. The first-order valence-corrected chi connectivity index (χ1v) is 7.07. The molecule has 1 aromatic carbocycles. The fraction of sp³-hybridized carbons (Fsp3) is 0.500. The van der Waals surface area contributed by atoms with Crippen molar-refractivity contribution >= 4 is 23.4 Å². The van der Waals surface area contributed by atoms with Gasteiger partial charge in [0.1, 0.15) is 5.41 Å². The minimum atomic E-state index is -1.05. The highest BCUT2D eigenvalue weighted by atomic mass is 35.5. The Bertz CT molecular complexity index is 533. The molecule has 1 aliphatic rings. The van der Waals surface area contributed by atoms with Gasteiger partial charge in [0, 0.05) is 10.4 Å². The van der Waals surface area contributed by atoms with Gasteiger partial charge in [-0.1, -0.05) is 37.6 Å². The molecule has 1 aromatic rings. The van der Waals surface area contributed by atoms with Crippen LogP contribution in [0.5, 0.6) is 0 Å². The van der Waals surface area contributed by atoms with E-state index in [-0.39, 0.29) is 5.78 Å². The minimum Gasteiger partial charge on any atom is -0.468 e. The maximum absolute atomic E-state index is 12.7. The standard InChI is InChI=1S/C16H19ClO3/c1-15(2)8-9-16(13(15)18,14(19)20-3)10-11-4-6-12(17)7-5-11/h4-7H,8-10H2,1-3H3. The molecular weight excluding hydrogens is 276 g/mol. The molecule has 1 fully saturated rings. The van der Waals surface area contributed by atoms with Crippen molar-refractivity contribution in [2.75, 3.05) is 7.11 Å². The number of hydrogen-bond acceptors (Lipinski definition) is 3. The van der Waals surface area contributed by atoms with Crippen LogP contribution in [0.2, 0.25) is 5.02 Å². The highest BCUT2D eigenvalue weighted by molar-refractivity contribution is 6.30. The first-order chi connectivity index (χ1) is 9.32. The largest absolute Gasteiger partial charge is 0.468 e. The van der Waals surface area contributed by atoms with Crippen molar-refractivity contribution in [1.29, 1.82) is 0 Å². The molecule has 0 N–H and O–H groups in total. The second kappa shape index (κ2) is 5.21. The van der Waals surface area contributed by atoms with Crippen LogP contribution in [0.1, 0.15) is 32.3 Å². The average molecular weight is 295 g/mol. The summed E-state index contributed by atoms with van der Waals surface area (Å²) in [7, 11) is 1.34. The Morgan fingerprint density at radius 2 is 1.85 bits per heavy atom. The van der Waals surface area contributed by atoms with Gasteiger partial charge in [0.15, 0.2) is 5.78 Å². The SMILES string of the molecule is COC(=O)C1(Cc2ccc(Cl)cc2)CCC(C)(C)C1=O. The molecule has 0 radical (unpaired) electrons. The predicted octanol–water partition coefficient (Wildman–Crippen LogP) is 3.43. The van der Waals surface area contributed by atoms with E-state index < -0.39 is 16.8 Å². The number of methoxy groups -OCH3 is 1. The summed E-state index contributed by atoms with van der Waals surface area (Å²) in [6, 6.07) is 7.25. The molecule has 0 spiro atoms. The fourth-order valence-electron chi connectivity index (χ4n) is 2.98. The lowest BCUT2D eigenvalue weighted by Crippen LogP contribution is -2.42. The third-order valence-electron chi connectivity index (χ3n) is 4.22. The molecule has 0 aliphatic heterocycles. The first kappa shape index (κ1) is 15.0. The van der Waals surface area contributed by atoms with Crippen LogP contribution in [0.4, 0.5) is 0 Å². The van der Waals surface area contributed by atoms with Crippen molar-refractivity contribution in [3.8, 4) is 0 Å². The molecule has 0 heterocycles. The van der Waals surface area contributed by atoms with E-state index in [0.29, 0.717) is 24.3 Å². The lowest BCUT2D eigenvalue weighted by Gasteiger charge is -2.26. The molecular formula is C16H19ClO3. The number of ether oxygens (including phenoxy) is 1. The molecule has 1 saturated carbocycles. The Morgan fingerprint density at radius 3 is 2.30 bits per heavy atom. The number of esters is 1. The number of Topliss-reactive ketones (excluding diaryl/α,β-unsaturated/α-hetero) is 1. The van der Waals surface area contributed by atoms with Gasteiger partial charge in [-0.05, 0) is 37.0 Å². The summed E-state index contributed by atoms with van der Waals surface area (Å²) in [5.74, 6) is -0.449. The van der Waals surface area contributed by atoms with E-state index in [9.17, 15) is 9.59 Å². The number of rotatable bonds is 3. The summed E-state index contributed by atoms with van der Waals surface area (Å²) < 4.78 is 4.91. The van der Waals surface area contributed by atoms with Crippen molar-refractivity contribution in [3.05, 3.63) is 34.9 Å². The molecule has 0 aromatic heterocycles. The summed E-state index contributed by atoms with van der Waals surface area (Å²) in [6.07, 6.45) is 1.61. The van der Waals surface area contributed by atoms with Crippen molar-refractivity contribution in [3.63, 3.8) is 0 Å². The second-order valence-electron chi connectivity index (χ2n) is 6.09. The Labute approximate surface area is 124 Å². The molecule has 0 amide bonds. The molecule has 1 aliphatic carbocycles. The molecule has 2 rings (SSSR count). The summed E-state index contributed by atoms with van der Waals surface area (Å²) in [4.78, 5) is 24.9. The molecule has 1 atom stereocenters.